The number of rotatable bonds is 4. The van der Waals surface area contributed by atoms with Gasteiger partial charge in [0.1, 0.15) is 12.0 Å². The number of benzene rings is 1. The van der Waals surface area contributed by atoms with Gasteiger partial charge in [-0.1, -0.05) is 39.8 Å². The maximum atomic E-state index is 10.7. The van der Waals surface area contributed by atoms with Crippen molar-refractivity contribution in [3.05, 3.63) is 29.8 Å². The minimum absolute atomic E-state index is 0.0491. The molecule has 0 radical (unpaired) electrons. The minimum atomic E-state index is -1.77. The molecule has 0 heterocycles. The summed E-state index contributed by atoms with van der Waals surface area (Å²) in [4.78, 5) is 10.7. The molecule has 3 heteroatoms. The summed E-state index contributed by atoms with van der Waals surface area (Å²) >= 11 is 0. The van der Waals surface area contributed by atoms with Gasteiger partial charge >= 0.3 is 0 Å². The van der Waals surface area contributed by atoms with Gasteiger partial charge in [-0.05, 0) is 35.8 Å². The van der Waals surface area contributed by atoms with Crippen LogP contribution in [0.4, 0.5) is 0 Å². The molecule has 0 aromatic heterocycles. The highest BCUT2D eigenvalue weighted by atomic mass is 28.4. The van der Waals surface area contributed by atoms with Gasteiger partial charge in [0, 0.05) is 5.92 Å². The zero-order valence-electron chi connectivity index (χ0n) is 12.3. The maximum Gasteiger partial charge on any atom is 0.250 e. The van der Waals surface area contributed by atoms with E-state index in [0.717, 1.165) is 17.6 Å². The van der Waals surface area contributed by atoms with E-state index in [0.29, 0.717) is 0 Å². The largest absolute Gasteiger partial charge is 0.544 e. The molecule has 0 aliphatic rings. The summed E-state index contributed by atoms with van der Waals surface area (Å²) in [5, 5.41) is 0.196. The van der Waals surface area contributed by atoms with E-state index in [1.165, 1.54) is 0 Å². The highest BCUT2D eigenvalue weighted by Crippen LogP contribution is 2.37. The molecule has 0 aliphatic carbocycles. The number of hydrogen-bond donors (Lipinski definition) is 0. The maximum absolute atomic E-state index is 10.7. The fourth-order valence-corrected chi connectivity index (χ4v) is 2.40. The number of aldehydes is 1. The van der Waals surface area contributed by atoms with E-state index in [9.17, 15) is 4.79 Å². The predicted octanol–water partition coefficient (Wildman–Crippen LogP) is 4.37. The average molecular weight is 264 g/mol. The van der Waals surface area contributed by atoms with Crippen LogP contribution in [-0.4, -0.2) is 14.6 Å². The van der Waals surface area contributed by atoms with Crippen LogP contribution in [0.1, 0.15) is 39.2 Å². The van der Waals surface area contributed by atoms with Gasteiger partial charge in [-0.15, -0.1) is 0 Å². The van der Waals surface area contributed by atoms with Crippen LogP contribution in [0.3, 0.4) is 0 Å². The normalized spacial score (nSPS) is 14.1. The van der Waals surface area contributed by atoms with E-state index in [1.54, 1.807) is 0 Å². The SMILES string of the molecule is CC(C=O)c1ccc(O[Si](C)(C)C(C)(C)C)cc1. The van der Waals surface area contributed by atoms with E-state index >= 15 is 0 Å². The van der Waals surface area contributed by atoms with Crippen LogP contribution in [0.2, 0.25) is 18.1 Å². The molecular formula is C15H24O2Si. The van der Waals surface area contributed by atoms with Crippen LogP contribution < -0.4 is 4.43 Å². The van der Waals surface area contributed by atoms with Gasteiger partial charge in [0.25, 0.3) is 0 Å². The summed E-state index contributed by atoms with van der Waals surface area (Å²) in [6, 6.07) is 7.88. The number of carbonyl (C=O) groups excluding carboxylic acids is 1. The number of carbonyl (C=O) groups is 1. The zero-order valence-corrected chi connectivity index (χ0v) is 13.3. The molecule has 0 saturated carbocycles. The number of hydrogen-bond acceptors (Lipinski definition) is 2. The Bertz CT molecular complexity index is 401. The van der Waals surface area contributed by atoms with Crippen molar-refractivity contribution in [3.8, 4) is 5.75 Å². The summed E-state index contributed by atoms with van der Waals surface area (Å²) in [5.41, 5.74) is 1.03. The molecule has 0 spiro atoms. The summed E-state index contributed by atoms with van der Waals surface area (Å²) in [7, 11) is -1.77. The molecule has 2 nitrogen and oxygen atoms in total. The van der Waals surface area contributed by atoms with Gasteiger partial charge < -0.3 is 9.22 Å². The van der Waals surface area contributed by atoms with Crippen LogP contribution in [0.25, 0.3) is 0 Å². The molecule has 1 aromatic carbocycles. The first-order valence-corrected chi connectivity index (χ1v) is 9.32. The van der Waals surface area contributed by atoms with Crippen LogP contribution >= 0.6 is 0 Å². The minimum Gasteiger partial charge on any atom is -0.544 e. The average Bonchev–Trinajstić information content (AvgIpc) is 2.27. The third-order valence-corrected chi connectivity index (χ3v) is 8.15. The van der Waals surface area contributed by atoms with Crippen LogP contribution in [0, 0.1) is 0 Å². The van der Waals surface area contributed by atoms with Crippen molar-refractivity contribution in [2.24, 2.45) is 0 Å². The van der Waals surface area contributed by atoms with Crippen molar-refractivity contribution in [1.29, 1.82) is 0 Å². The van der Waals surface area contributed by atoms with E-state index in [1.807, 2.05) is 31.2 Å². The first kappa shape index (κ1) is 15.0. The zero-order chi connectivity index (χ0) is 14.0. The van der Waals surface area contributed by atoms with Crippen LogP contribution in [0.5, 0.6) is 5.75 Å². The van der Waals surface area contributed by atoms with Gasteiger partial charge in [0.2, 0.25) is 8.32 Å². The second-order valence-electron chi connectivity index (χ2n) is 6.36. The standard InChI is InChI=1S/C15H24O2Si/c1-12(11-16)13-7-9-14(10-8-13)17-18(5,6)15(2,3)4/h7-12H,1-6H3. The Morgan fingerprint density at radius 2 is 1.67 bits per heavy atom. The van der Waals surface area contributed by atoms with Crippen LogP contribution in [0.15, 0.2) is 24.3 Å². The van der Waals surface area contributed by atoms with Crippen LogP contribution in [-0.2, 0) is 4.79 Å². The summed E-state index contributed by atoms with van der Waals surface area (Å²) in [6.07, 6.45) is 0.962. The molecule has 1 unspecified atom stereocenters. The second kappa shape index (κ2) is 5.27. The lowest BCUT2D eigenvalue weighted by molar-refractivity contribution is -0.108. The summed E-state index contributed by atoms with van der Waals surface area (Å²) in [6.45, 7) is 13.0. The quantitative estimate of drug-likeness (QED) is 0.596. The molecule has 0 bridgehead atoms. The molecule has 0 amide bonds. The predicted molar refractivity (Wildman–Crippen MR) is 78.7 cm³/mol. The first-order chi connectivity index (χ1) is 8.17. The van der Waals surface area contributed by atoms with Crippen molar-refractivity contribution in [1.82, 2.24) is 0 Å². The summed E-state index contributed by atoms with van der Waals surface area (Å²) < 4.78 is 6.19. The van der Waals surface area contributed by atoms with Gasteiger partial charge in [-0.25, -0.2) is 0 Å². The topological polar surface area (TPSA) is 26.3 Å². The van der Waals surface area contributed by atoms with Gasteiger partial charge in [0.15, 0.2) is 0 Å². The van der Waals surface area contributed by atoms with Crippen molar-refractivity contribution >= 4 is 14.6 Å². The molecule has 1 atom stereocenters. The molecular weight excluding hydrogens is 240 g/mol. The van der Waals surface area contributed by atoms with E-state index in [4.69, 9.17) is 4.43 Å². The van der Waals surface area contributed by atoms with Gasteiger partial charge in [-0.3, -0.25) is 0 Å². The first-order valence-electron chi connectivity index (χ1n) is 6.41. The van der Waals surface area contributed by atoms with Gasteiger partial charge in [0.05, 0.1) is 0 Å². The van der Waals surface area contributed by atoms with Gasteiger partial charge in [-0.2, -0.15) is 0 Å². The highest BCUT2D eigenvalue weighted by Gasteiger charge is 2.38. The molecule has 1 rings (SSSR count). The van der Waals surface area contributed by atoms with E-state index < -0.39 is 8.32 Å². The lowest BCUT2D eigenvalue weighted by Crippen LogP contribution is -2.43. The van der Waals surface area contributed by atoms with Crippen molar-refractivity contribution in [3.63, 3.8) is 0 Å². The Labute approximate surface area is 111 Å². The second-order valence-corrected chi connectivity index (χ2v) is 11.1. The highest BCUT2D eigenvalue weighted by molar-refractivity contribution is 6.74. The Morgan fingerprint density at radius 3 is 2.06 bits per heavy atom. The Balaban J connectivity index is 2.85. The molecule has 1 aromatic rings. The molecule has 0 N–H and O–H groups in total. The third-order valence-electron chi connectivity index (χ3n) is 3.79. The third kappa shape index (κ3) is 3.45. The fourth-order valence-electron chi connectivity index (χ4n) is 1.37. The molecule has 0 aliphatic heterocycles. The molecule has 18 heavy (non-hydrogen) atoms. The lowest BCUT2D eigenvalue weighted by atomic mass is 10.0. The lowest BCUT2D eigenvalue weighted by Gasteiger charge is -2.36. The fraction of sp³-hybridized carbons (Fsp3) is 0.533. The Kier molecular flexibility index (Phi) is 4.38. The molecule has 100 valence electrons. The monoisotopic (exact) mass is 264 g/mol. The van der Waals surface area contributed by atoms with Crippen molar-refractivity contribution in [2.45, 2.75) is 51.7 Å². The Hall–Kier alpha value is -1.09. The van der Waals surface area contributed by atoms with Crippen molar-refractivity contribution in [2.75, 3.05) is 0 Å². The van der Waals surface area contributed by atoms with E-state index in [2.05, 4.69) is 33.9 Å². The molecule has 0 saturated heterocycles. The van der Waals surface area contributed by atoms with E-state index in [-0.39, 0.29) is 11.0 Å². The molecule has 0 fully saturated rings. The van der Waals surface area contributed by atoms with Crippen molar-refractivity contribution < 1.29 is 9.22 Å². The smallest absolute Gasteiger partial charge is 0.250 e. The summed E-state index contributed by atoms with van der Waals surface area (Å²) in [5.74, 6) is 0.857. The Morgan fingerprint density at radius 1 is 1.17 bits per heavy atom.